The first-order chi connectivity index (χ1) is 7.59. The largest absolute Gasteiger partial charge is 0.479 e. The number of aliphatic hydroxyl groups is 1. The topological polar surface area (TPSA) is 76.0 Å². The van der Waals surface area contributed by atoms with E-state index in [0.29, 0.717) is 16.8 Å². The van der Waals surface area contributed by atoms with Crippen LogP contribution in [0.3, 0.4) is 0 Å². The first kappa shape index (κ1) is 11.4. The highest BCUT2D eigenvalue weighted by Gasteiger charge is 2.25. The van der Waals surface area contributed by atoms with Crippen molar-refractivity contribution in [3.05, 3.63) is 27.7 Å². The zero-order valence-electron chi connectivity index (χ0n) is 8.14. The summed E-state index contributed by atoms with van der Waals surface area (Å²) in [5.74, 6) is -0.917. The number of aliphatic hydroxyl groups excluding tert-OH is 1. The van der Waals surface area contributed by atoms with Crippen LogP contribution in [0.25, 0.3) is 0 Å². The van der Waals surface area contributed by atoms with Crippen molar-refractivity contribution in [2.75, 3.05) is 6.79 Å². The third kappa shape index (κ3) is 2.04. The lowest BCUT2D eigenvalue weighted by molar-refractivity contribution is -0.147. The molecule has 1 heterocycles. The van der Waals surface area contributed by atoms with Crippen LogP contribution in [-0.2, 0) is 16.1 Å². The number of fused-ring (bicyclic) bond motifs is 1. The molecule has 86 valence electrons. The van der Waals surface area contributed by atoms with Gasteiger partial charge in [0.25, 0.3) is 0 Å². The summed E-state index contributed by atoms with van der Waals surface area (Å²) in [4.78, 5) is 10.7. The molecule has 0 spiro atoms. The second-order valence-electron chi connectivity index (χ2n) is 3.33. The van der Waals surface area contributed by atoms with Crippen LogP contribution in [0.15, 0.2) is 16.6 Å². The highest BCUT2D eigenvalue weighted by atomic mass is 79.9. The molecule has 0 aliphatic carbocycles. The molecule has 0 saturated carbocycles. The molecule has 2 N–H and O–H groups in total. The van der Waals surface area contributed by atoms with E-state index in [9.17, 15) is 9.90 Å². The Balaban J connectivity index is 2.51. The van der Waals surface area contributed by atoms with Gasteiger partial charge in [-0.05, 0) is 12.1 Å². The molecular weight excluding hydrogens is 280 g/mol. The first-order valence-corrected chi connectivity index (χ1v) is 5.32. The molecule has 16 heavy (non-hydrogen) atoms. The van der Waals surface area contributed by atoms with Crippen molar-refractivity contribution in [1.82, 2.24) is 0 Å². The van der Waals surface area contributed by atoms with Crippen LogP contribution in [0.4, 0.5) is 0 Å². The minimum atomic E-state index is -1.59. The number of carboxylic acids is 1. The van der Waals surface area contributed by atoms with Crippen molar-refractivity contribution in [1.29, 1.82) is 0 Å². The maximum atomic E-state index is 10.7. The normalized spacial score (nSPS) is 16.1. The van der Waals surface area contributed by atoms with Gasteiger partial charge in [0.2, 0.25) is 0 Å². The highest BCUT2D eigenvalue weighted by molar-refractivity contribution is 9.10. The number of halogens is 1. The smallest absolute Gasteiger partial charge is 0.337 e. The third-order valence-electron chi connectivity index (χ3n) is 2.23. The Morgan fingerprint density at radius 2 is 2.25 bits per heavy atom. The molecule has 6 heteroatoms. The minimum absolute atomic E-state index is 0.0635. The Bertz CT molecular complexity index is 431. The predicted molar refractivity (Wildman–Crippen MR) is 57.0 cm³/mol. The SMILES string of the molecule is O=C(O)C(O)c1cc(Br)cc2c1OCOC2. The summed E-state index contributed by atoms with van der Waals surface area (Å²) in [6.45, 7) is 0.405. The Kier molecular flexibility index (Phi) is 3.13. The van der Waals surface area contributed by atoms with Gasteiger partial charge in [0, 0.05) is 15.6 Å². The molecule has 0 radical (unpaired) electrons. The second-order valence-corrected chi connectivity index (χ2v) is 4.25. The molecule has 0 fully saturated rings. The highest BCUT2D eigenvalue weighted by Crippen LogP contribution is 2.35. The van der Waals surface area contributed by atoms with E-state index in [4.69, 9.17) is 14.6 Å². The van der Waals surface area contributed by atoms with Crippen LogP contribution in [0, 0.1) is 0 Å². The number of hydrogen-bond donors (Lipinski definition) is 2. The molecule has 1 aromatic rings. The summed E-state index contributed by atoms with van der Waals surface area (Å²) in [5, 5.41) is 18.3. The zero-order valence-corrected chi connectivity index (χ0v) is 9.73. The number of carboxylic acid groups (broad SMARTS) is 1. The van der Waals surface area contributed by atoms with Gasteiger partial charge in [-0.15, -0.1) is 0 Å². The van der Waals surface area contributed by atoms with Crippen LogP contribution >= 0.6 is 15.9 Å². The number of aliphatic carboxylic acids is 1. The van der Waals surface area contributed by atoms with Gasteiger partial charge in [0.1, 0.15) is 5.75 Å². The standard InChI is InChI=1S/C10H9BrO5/c11-6-1-5-3-15-4-16-9(5)7(2-6)8(12)10(13)14/h1-2,8,12H,3-4H2,(H,13,14). The number of benzene rings is 1. The van der Waals surface area contributed by atoms with E-state index in [2.05, 4.69) is 15.9 Å². The Morgan fingerprint density at radius 3 is 2.94 bits per heavy atom. The Morgan fingerprint density at radius 1 is 1.50 bits per heavy atom. The van der Waals surface area contributed by atoms with Crippen molar-refractivity contribution in [2.45, 2.75) is 12.7 Å². The van der Waals surface area contributed by atoms with Crippen molar-refractivity contribution in [3.8, 4) is 5.75 Å². The van der Waals surface area contributed by atoms with E-state index in [1.54, 1.807) is 6.07 Å². The molecule has 0 aromatic heterocycles. The molecule has 1 aliphatic heterocycles. The van der Waals surface area contributed by atoms with E-state index in [-0.39, 0.29) is 12.4 Å². The molecule has 1 aromatic carbocycles. The summed E-state index contributed by atoms with van der Waals surface area (Å²) < 4.78 is 11.0. The van der Waals surface area contributed by atoms with Crippen LogP contribution in [0.1, 0.15) is 17.2 Å². The number of hydrogen-bond acceptors (Lipinski definition) is 4. The molecular formula is C10H9BrO5. The summed E-state index contributed by atoms with van der Waals surface area (Å²) in [6.07, 6.45) is -1.59. The van der Waals surface area contributed by atoms with Crippen molar-refractivity contribution in [2.24, 2.45) is 0 Å². The Hall–Kier alpha value is -1.11. The van der Waals surface area contributed by atoms with Gasteiger partial charge in [-0.25, -0.2) is 4.79 Å². The molecule has 0 saturated heterocycles. The van der Waals surface area contributed by atoms with Crippen LogP contribution in [0.5, 0.6) is 5.75 Å². The lowest BCUT2D eigenvalue weighted by atomic mass is 10.0. The van der Waals surface area contributed by atoms with Gasteiger partial charge in [0.15, 0.2) is 12.9 Å². The van der Waals surface area contributed by atoms with E-state index < -0.39 is 12.1 Å². The predicted octanol–water partition coefficient (Wildman–Crippen LogP) is 1.43. The lowest BCUT2D eigenvalue weighted by Crippen LogP contribution is -2.17. The van der Waals surface area contributed by atoms with Gasteiger partial charge in [-0.1, -0.05) is 15.9 Å². The van der Waals surface area contributed by atoms with Gasteiger partial charge >= 0.3 is 5.97 Å². The van der Waals surface area contributed by atoms with Crippen molar-refractivity contribution >= 4 is 21.9 Å². The van der Waals surface area contributed by atoms with Crippen LogP contribution < -0.4 is 4.74 Å². The fourth-order valence-corrected chi connectivity index (χ4v) is 2.07. The van der Waals surface area contributed by atoms with Crippen LogP contribution in [-0.4, -0.2) is 23.0 Å². The van der Waals surface area contributed by atoms with Crippen molar-refractivity contribution < 1.29 is 24.5 Å². The quantitative estimate of drug-likeness (QED) is 0.861. The lowest BCUT2D eigenvalue weighted by Gasteiger charge is -2.22. The molecule has 0 bridgehead atoms. The van der Waals surface area contributed by atoms with Crippen LogP contribution in [0.2, 0.25) is 0 Å². The molecule has 2 rings (SSSR count). The van der Waals surface area contributed by atoms with Gasteiger partial charge in [0.05, 0.1) is 6.61 Å². The monoisotopic (exact) mass is 288 g/mol. The van der Waals surface area contributed by atoms with Crippen molar-refractivity contribution in [3.63, 3.8) is 0 Å². The maximum Gasteiger partial charge on any atom is 0.337 e. The van der Waals surface area contributed by atoms with Gasteiger partial charge in [-0.2, -0.15) is 0 Å². The van der Waals surface area contributed by atoms with E-state index >= 15 is 0 Å². The second kappa shape index (κ2) is 4.40. The fraction of sp³-hybridized carbons (Fsp3) is 0.300. The number of carbonyl (C=O) groups is 1. The summed E-state index contributed by atoms with van der Waals surface area (Å²) in [7, 11) is 0. The summed E-state index contributed by atoms with van der Waals surface area (Å²) in [5.41, 5.74) is 0.955. The molecule has 1 aliphatic rings. The molecule has 5 nitrogen and oxygen atoms in total. The summed E-state index contributed by atoms with van der Waals surface area (Å²) in [6, 6.07) is 3.30. The first-order valence-electron chi connectivity index (χ1n) is 4.53. The average molecular weight is 289 g/mol. The summed E-state index contributed by atoms with van der Waals surface area (Å²) >= 11 is 3.24. The van der Waals surface area contributed by atoms with E-state index in [0.717, 1.165) is 5.56 Å². The zero-order chi connectivity index (χ0) is 11.7. The third-order valence-corrected chi connectivity index (χ3v) is 2.69. The fourth-order valence-electron chi connectivity index (χ4n) is 1.54. The average Bonchev–Trinajstić information content (AvgIpc) is 2.26. The van der Waals surface area contributed by atoms with E-state index in [1.165, 1.54) is 6.07 Å². The van der Waals surface area contributed by atoms with E-state index in [1.807, 2.05) is 0 Å². The maximum absolute atomic E-state index is 10.7. The minimum Gasteiger partial charge on any atom is -0.479 e. The molecule has 1 unspecified atom stereocenters. The molecule has 1 atom stereocenters. The van der Waals surface area contributed by atoms with Gasteiger partial charge < -0.3 is 19.7 Å². The van der Waals surface area contributed by atoms with Gasteiger partial charge in [-0.3, -0.25) is 0 Å². The number of ether oxygens (including phenoxy) is 2. The number of rotatable bonds is 2. The molecule has 0 amide bonds. The Labute approximate surface area is 99.7 Å².